The Balaban J connectivity index is 1.89. The molecule has 5 heteroatoms. The number of fused-ring (bicyclic) bond motifs is 1. The molecule has 0 aromatic heterocycles. The highest BCUT2D eigenvalue weighted by Crippen LogP contribution is 2.27. The van der Waals surface area contributed by atoms with E-state index in [0.717, 1.165) is 18.4 Å². The Kier molecular flexibility index (Phi) is 3.15. The number of nitriles is 1. The third kappa shape index (κ3) is 2.03. The normalized spacial score (nSPS) is 21.9. The smallest absolute Gasteiger partial charge is 0.255 e. The monoisotopic (exact) mass is 269 g/mol. The lowest BCUT2D eigenvalue weighted by Crippen LogP contribution is -2.45. The van der Waals surface area contributed by atoms with Crippen LogP contribution < -0.4 is 5.32 Å². The summed E-state index contributed by atoms with van der Waals surface area (Å²) in [5, 5.41) is 11.8. The molecule has 2 aliphatic heterocycles. The maximum Gasteiger partial charge on any atom is 0.255 e. The topological polar surface area (TPSA) is 73.2 Å². The van der Waals surface area contributed by atoms with Crippen molar-refractivity contribution in [2.75, 3.05) is 6.54 Å². The molecule has 0 saturated carbocycles. The lowest BCUT2D eigenvalue weighted by atomic mass is 10.1. The van der Waals surface area contributed by atoms with Gasteiger partial charge in [-0.25, -0.2) is 0 Å². The van der Waals surface area contributed by atoms with Gasteiger partial charge in [0.2, 0.25) is 5.91 Å². The van der Waals surface area contributed by atoms with Gasteiger partial charge in [-0.3, -0.25) is 9.59 Å². The minimum Gasteiger partial charge on any atom is -0.354 e. The minimum atomic E-state index is -0.386. The zero-order valence-electron chi connectivity index (χ0n) is 11.1. The SMILES string of the molecule is N#Cc1ccc2c(c1)CN(C1CCCCNC1=O)C2=O. The molecule has 1 atom stereocenters. The molecular weight excluding hydrogens is 254 g/mol. The largest absolute Gasteiger partial charge is 0.354 e. The number of benzene rings is 1. The lowest BCUT2D eigenvalue weighted by Gasteiger charge is -2.25. The Labute approximate surface area is 117 Å². The Bertz CT molecular complexity index is 618. The zero-order chi connectivity index (χ0) is 14.1. The second-order valence-electron chi connectivity index (χ2n) is 5.22. The third-order valence-electron chi connectivity index (χ3n) is 3.95. The van der Waals surface area contributed by atoms with Crippen LogP contribution in [0.2, 0.25) is 0 Å². The Morgan fingerprint density at radius 3 is 2.95 bits per heavy atom. The van der Waals surface area contributed by atoms with E-state index in [9.17, 15) is 9.59 Å². The molecule has 3 rings (SSSR count). The fraction of sp³-hybridized carbons (Fsp3) is 0.400. The Hall–Kier alpha value is -2.35. The quantitative estimate of drug-likeness (QED) is 0.832. The molecule has 1 fully saturated rings. The van der Waals surface area contributed by atoms with Crippen LogP contribution in [0.1, 0.15) is 40.7 Å². The van der Waals surface area contributed by atoms with Crippen LogP contribution in [0, 0.1) is 11.3 Å². The van der Waals surface area contributed by atoms with E-state index in [2.05, 4.69) is 11.4 Å². The fourth-order valence-corrected chi connectivity index (χ4v) is 2.89. The molecular formula is C15H15N3O2. The fourth-order valence-electron chi connectivity index (χ4n) is 2.89. The first kappa shape index (κ1) is 12.7. The van der Waals surface area contributed by atoms with Crippen LogP contribution in [0.3, 0.4) is 0 Å². The van der Waals surface area contributed by atoms with Crippen molar-refractivity contribution in [2.45, 2.75) is 31.8 Å². The van der Waals surface area contributed by atoms with Gasteiger partial charge in [-0.15, -0.1) is 0 Å². The predicted octanol–water partition coefficient (Wildman–Crippen LogP) is 1.18. The van der Waals surface area contributed by atoms with Crippen LogP contribution in [0.4, 0.5) is 0 Å². The summed E-state index contributed by atoms with van der Waals surface area (Å²) in [6.45, 7) is 1.10. The highest BCUT2D eigenvalue weighted by Gasteiger charge is 2.36. The highest BCUT2D eigenvalue weighted by atomic mass is 16.2. The second kappa shape index (κ2) is 4.97. The van der Waals surface area contributed by atoms with Gasteiger partial charge in [0.05, 0.1) is 11.6 Å². The number of hydrogen-bond acceptors (Lipinski definition) is 3. The number of nitrogens with zero attached hydrogens (tertiary/aromatic N) is 2. The van der Waals surface area contributed by atoms with Crippen molar-refractivity contribution in [3.05, 3.63) is 34.9 Å². The number of amides is 2. The minimum absolute atomic E-state index is 0.0656. The summed E-state index contributed by atoms with van der Waals surface area (Å²) in [7, 11) is 0. The van der Waals surface area contributed by atoms with E-state index in [4.69, 9.17) is 5.26 Å². The number of rotatable bonds is 1. The number of carbonyl (C=O) groups is 2. The third-order valence-corrected chi connectivity index (χ3v) is 3.95. The van der Waals surface area contributed by atoms with Crippen molar-refractivity contribution in [3.8, 4) is 6.07 Å². The molecule has 0 bridgehead atoms. The molecule has 1 aromatic carbocycles. The molecule has 0 aliphatic carbocycles. The van der Waals surface area contributed by atoms with Crippen LogP contribution in [0.5, 0.6) is 0 Å². The van der Waals surface area contributed by atoms with Gasteiger partial charge in [-0.2, -0.15) is 5.26 Å². The van der Waals surface area contributed by atoms with Crippen molar-refractivity contribution in [3.63, 3.8) is 0 Å². The van der Waals surface area contributed by atoms with Crippen LogP contribution in [0.25, 0.3) is 0 Å². The van der Waals surface area contributed by atoms with E-state index in [1.807, 2.05) is 0 Å². The summed E-state index contributed by atoms with van der Waals surface area (Å²) < 4.78 is 0. The molecule has 2 aliphatic rings. The first-order valence-corrected chi connectivity index (χ1v) is 6.82. The predicted molar refractivity (Wildman–Crippen MR) is 71.7 cm³/mol. The van der Waals surface area contributed by atoms with Crippen LogP contribution >= 0.6 is 0 Å². The Morgan fingerprint density at radius 2 is 2.15 bits per heavy atom. The van der Waals surface area contributed by atoms with Gasteiger partial charge >= 0.3 is 0 Å². The van der Waals surface area contributed by atoms with Crippen LogP contribution in [-0.4, -0.2) is 29.3 Å². The summed E-state index contributed by atoms with van der Waals surface area (Å²) in [5.41, 5.74) is 2.00. The average Bonchev–Trinajstić information content (AvgIpc) is 2.64. The summed E-state index contributed by atoms with van der Waals surface area (Å²) in [4.78, 5) is 26.1. The number of hydrogen-bond donors (Lipinski definition) is 1. The molecule has 1 aromatic rings. The highest BCUT2D eigenvalue weighted by molar-refractivity contribution is 6.01. The molecule has 1 unspecified atom stereocenters. The van der Waals surface area contributed by atoms with Gasteiger partial charge in [-0.05, 0) is 43.0 Å². The molecule has 1 N–H and O–H groups in total. The van der Waals surface area contributed by atoms with Crippen molar-refractivity contribution < 1.29 is 9.59 Å². The van der Waals surface area contributed by atoms with E-state index < -0.39 is 0 Å². The molecule has 102 valence electrons. The maximum atomic E-state index is 12.4. The van der Waals surface area contributed by atoms with Crippen molar-refractivity contribution in [2.24, 2.45) is 0 Å². The second-order valence-corrected chi connectivity index (χ2v) is 5.22. The van der Waals surface area contributed by atoms with Crippen molar-refractivity contribution in [1.82, 2.24) is 10.2 Å². The number of nitrogens with one attached hydrogen (secondary N) is 1. The van der Waals surface area contributed by atoms with Crippen molar-refractivity contribution in [1.29, 1.82) is 5.26 Å². The van der Waals surface area contributed by atoms with E-state index in [0.29, 0.717) is 30.6 Å². The van der Waals surface area contributed by atoms with Gasteiger partial charge in [0, 0.05) is 18.7 Å². The van der Waals surface area contributed by atoms with Crippen molar-refractivity contribution >= 4 is 11.8 Å². The van der Waals surface area contributed by atoms with E-state index in [1.54, 1.807) is 23.1 Å². The Morgan fingerprint density at radius 1 is 1.30 bits per heavy atom. The standard InChI is InChI=1S/C15H15N3O2/c16-8-10-4-5-12-11(7-10)9-18(15(12)20)13-3-1-2-6-17-14(13)19/h4-5,7,13H,1-3,6,9H2,(H,17,19). The molecule has 5 nitrogen and oxygen atoms in total. The molecule has 20 heavy (non-hydrogen) atoms. The average molecular weight is 269 g/mol. The summed E-state index contributed by atoms with van der Waals surface area (Å²) in [6.07, 6.45) is 2.60. The first-order chi connectivity index (χ1) is 9.70. The van der Waals surface area contributed by atoms with Gasteiger partial charge in [0.15, 0.2) is 0 Å². The zero-order valence-corrected chi connectivity index (χ0v) is 11.1. The van der Waals surface area contributed by atoms with Gasteiger partial charge in [0.25, 0.3) is 5.91 Å². The maximum absolute atomic E-state index is 12.4. The first-order valence-electron chi connectivity index (χ1n) is 6.82. The molecule has 0 spiro atoms. The van der Waals surface area contributed by atoms with Crippen LogP contribution in [0.15, 0.2) is 18.2 Å². The summed E-state index contributed by atoms with van der Waals surface area (Å²) in [6, 6.07) is 6.76. The molecule has 2 heterocycles. The van der Waals surface area contributed by atoms with E-state index in [-0.39, 0.29) is 17.9 Å². The van der Waals surface area contributed by atoms with E-state index >= 15 is 0 Å². The van der Waals surface area contributed by atoms with Gasteiger partial charge in [-0.1, -0.05) is 0 Å². The van der Waals surface area contributed by atoms with E-state index in [1.165, 1.54) is 0 Å². The summed E-state index contributed by atoms with van der Waals surface area (Å²) in [5.74, 6) is -0.171. The lowest BCUT2D eigenvalue weighted by molar-refractivity contribution is -0.125. The van der Waals surface area contributed by atoms with Crippen LogP contribution in [-0.2, 0) is 11.3 Å². The summed E-state index contributed by atoms with van der Waals surface area (Å²) >= 11 is 0. The number of carbonyl (C=O) groups excluding carboxylic acids is 2. The van der Waals surface area contributed by atoms with Gasteiger partial charge in [0.1, 0.15) is 6.04 Å². The molecule has 1 saturated heterocycles. The molecule has 2 amide bonds. The van der Waals surface area contributed by atoms with Gasteiger partial charge < -0.3 is 10.2 Å². The molecule has 0 radical (unpaired) electrons.